The lowest BCUT2D eigenvalue weighted by atomic mass is 10.3. The zero-order chi connectivity index (χ0) is 16.0. The lowest BCUT2D eigenvalue weighted by Crippen LogP contribution is -2.38. The van der Waals surface area contributed by atoms with E-state index in [9.17, 15) is 13.2 Å². The second kappa shape index (κ2) is 7.58. The summed E-state index contributed by atoms with van der Waals surface area (Å²) in [5, 5.41) is 3.11. The summed E-state index contributed by atoms with van der Waals surface area (Å²) in [4.78, 5) is 11.4. The van der Waals surface area contributed by atoms with Gasteiger partial charge in [-0.3, -0.25) is 0 Å². The van der Waals surface area contributed by atoms with Gasteiger partial charge in [0.25, 0.3) is 0 Å². The zero-order valence-electron chi connectivity index (χ0n) is 12.7. The molecule has 21 heavy (non-hydrogen) atoms. The van der Waals surface area contributed by atoms with Gasteiger partial charge >= 0.3 is 5.97 Å². The summed E-state index contributed by atoms with van der Waals surface area (Å²) >= 11 is 0. The van der Waals surface area contributed by atoms with E-state index in [1.807, 2.05) is 13.8 Å². The average Bonchev–Trinajstić information content (AvgIpc) is 2.90. The number of ether oxygens (including phenoxy) is 1. The number of rotatable bonds is 8. The van der Waals surface area contributed by atoms with E-state index in [0.717, 1.165) is 6.54 Å². The van der Waals surface area contributed by atoms with Crippen molar-refractivity contribution < 1.29 is 22.4 Å². The minimum Gasteiger partial charge on any atom is -0.463 e. The fourth-order valence-corrected chi connectivity index (χ4v) is 3.19. The fraction of sp³-hybridized carbons (Fsp3) is 0.615. The first-order chi connectivity index (χ1) is 9.85. The molecule has 1 aromatic rings. The molecule has 0 bridgehead atoms. The summed E-state index contributed by atoms with van der Waals surface area (Å²) in [5.41, 5.74) is 0. The van der Waals surface area contributed by atoms with Crippen LogP contribution in [0.3, 0.4) is 0 Å². The molecule has 0 saturated carbocycles. The third-order valence-corrected chi connectivity index (χ3v) is 4.37. The van der Waals surface area contributed by atoms with Gasteiger partial charge in [-0.15, -0.1) is 0 Å². The Balaban J connectivity index is 2.96. The fourth-order valence-electron chi connectivity index (χ4n) is 1.82. The summed E-state index contributed by atoms with van der Waals surface area (Å²) in [6.45, 7) is 6.57. The van der Waals surface area contributed by atoms with Crippen LogP contribution in [0.4, 0.5) is 0 Å². The van der Waals surface area contributed by atoms with Crippen LogP contribution >= 0.6 is 0 Å². The number of likely N-dealkylation sites (N-methyl/N-ethyl adjacent to an activating group) is 1. The van der Waals surface area contributed by atoms with Crippen molar-refractivity contribution in [3.63, 3.8) is 0 Å². The molecule has 8 heteroatoms. The summed E-state index contributed by atoms with van der Waals surface area (Å²) in [6.07, 6.45) is 0.357. The molecule has 120 valence electrons. The molecular weight excluding hydrogens is 296 g/mol. The first-order valence-corrected chi connectivity index (χ1v) is 8.28. The number of hydrogen-bond donors (Lipinski definition) is 2. The normalized spacial score (nSPS) is 13.1. The quantitative estimate of drug-likeness (QED) is 0.691. The molecule has 1 atom stereocenters. The molecule has 0 aliphatic carbocycles. The predicted molar refractivity (Wildman–Crippen MR) is 77.8 cm³/mol. The smallest absolute Gasteiger partial charge is 0.373 e. The highest BCUT2D eigenvalue weighted by Gasteiger charge is 2.25. The number of furan rings is 1. The minimum absolute atomic E-state index is 0.00169. The van der Waals surface area contributed by atoms with E-state index in [0.29, 0.717) is 6.42 Å². The molecule has 0 radical (unpaired) electrons. The van der Waals surface area contributed by atoms with Crippen LogP contribution in [-0.4, -0.2) is 40.6 Å². The van der Waals surface area contributed by atoms with E-state index >= 15 is 0 Å². The SMILES string of the molecule is CCN[C@H](C)CNS(=O)(=O)c1cc(C(=O)OC)oc1CC. The predicted octanol–water partition coefficient (Wildman–Crippen LogP) is 0.905. The van der Waals surface area contributed by atoms with Crippen LogP contribution in [0.15, 0.2) is 15.4 Å². The van der Waals surface area contributed by atoms with E-state index in [1.165, 1.54) is 13.2 Å². The number of carbonyl (C=O) groups is 1. The molecule has 0 fully saturated rings. The zero-order valence-corrected chi connectivity index (χ0v) is 13.5. The van der Waals surface area contributed by atoms with Gasteiger partial charge in [-0.05, 0) is 13.5 Å². The van der Waals surface area contributed by atoms with Crippen LogP contribution in [0.2, 0.25) is 0 Å². The van der Waals surface area contributed by atoms with Gasteiger partial charge in [0, 0.05) is 25.1 Å². The Morgan fingerprint density at radius 1 is 1.43 bits per heavy atom. The summed E-state index contributed by atoms with van der Waals surface area (Å²) in [7, 11) is -2.52. The number of methoxy groups -OCH3 is 1. The third-order valence-electron chi connectivity index (χ3n) is 2.90. The molecule has 0 spiro atoms. The minimum atomic E-state index is -3.73. The van der Waals surface area contributed by atoms with Crippen LogP contribution in [-0.2, 0) is 21.2 Å². The van der Waals surface area contributed by atoms with Gasteiger partial charge in [0.05, 0.1) is 7.11 Å². The van der Waals surface area contributed by atoms with Crippen molar-refractivity contribution in [1.82, 2.24) is 10.0 Å². The highest BCUT2D eigenvalue weighted by Crippen LogP contribution is 2.22. The maximum Gasteiger partial charge on any atom is 0.373 e. The summed E-state index contributed by atoms with van der Waals surface area (Å²) in [5.74, 6) is -0.583. The first-order valence-electron chi connectivity index (χ1n) is 6.79. The second-order valence-corrected chi connectivity index (χ2v) is 6.29. The van der Waals surface area contributed by atoms with Crippen molar-refractivity contribution in [3.05, 3.63) is 17.6 Å². The van der Waals surface area contributed by atoms with Crippen molar-refractivity contribution >= 4 is 16.0 Å². The van der Waals surface area contributed by atoms with Gasteiger partial charge in [-0.2, -0.15) is 0 Å². The molecule has 1 rings (SSSR count). The van der Waals surface area contributed by atoms with Crippen molar-refractivity contribution in [3.8, 4) is 0 Å². The van der Waals surface area contributed by atoms with Gasteiger partial charge in [0.15, 0.2) is 0 Å². The Hall–Kier alpha value is -1.38. The molecule has 0 amide bonds. The van der Waals surface area contributed by atoms with Crippen LogP contribution in [0.25, 0.3) is 0 Å². The van der Waals surface area contributed by atoms with Crippen molar-refractivity contribution in [1.29, 1.82) is 0 Å². The van der Waals surface area contributed by atoms with Crippen molar-refractivity contribution in [2.75, 3.05) is 20.2 Å². The Kier molecular flexibility index (Phi) is 6.38. The number of esters is 1. The van der Waals surface area contributed by atoms with Crippen LogP contribution in [0.1, 0.15) is 37.1 Å². The summed E-state index contributed by atoms with van der Waals surface area (Å²) < 4.78 is 36.9. The molecular formula is C13H22N2O5S. The Morgan fingerprint density at radius 2 is 2.10 bits per heavy atom. The molecule has 0 aliphatic rings. The van der Waals surface area contributed by atoms with Crippen LogP contribution < -0.4 is 10.0 Å². The Bertz CT molecular complexity index is 579. The van der Waals surface area contributed by atoms with Gasteiger partial charge in [-0.1, -0.05) is 13.8 Å². The van der Waals surface area contributed by atoms with Gasteiger partial charge < -0.3 is 14.5 Å². The number of carbonyl (C=O) groups excluding carboxylic acids is 1. The lowest BCUT2D eigenvalue weighted by molar-refractivity contribution is 0.0563. The number of hydrogen-bond acceptors (Lipinski definition) is 6. The van der Waals surface area contributed by atoms with E-state index < -0.39 is 16.0 Å². The molecule has 1 heterocycles. The van der Waals surface area contributed by atoms with Gasteiger partial charge in [0.1, 0.15) is 10.7 Å². The monoisotopic (exact) mass is 318 g/mol. The highest BCUT2D eigenvalue weighted by atomic mass is 32.2. The lowest BCUT2D eigenvalue weighted by Gasteiger charge is -2.13. The molecule has 2 N–H and O–H groups in total. The van der Waals surface area contributed by atoms with E-state index in [2.05, 4.69) is 14.8 Å². The Morgan fingerprint density at radius 3 is 2.62 bits per heavy atom. The van der Waals surface area contributed by atoms with Crippen LogP contribution in [0, 0.1) is 0 Å². The Labute approximate surface area is 125 Å². The maximum absolute atomic E-state index is 12.3. The standard InChI is InChI=1S/C13H22N2O5S/c1-5-10-12(7-11(20-10)13(16)19-4)21(17,18)15-8-9(3)14-6-2/h7,9,14-15H,5-6,8H2,1-4H3/t9-/m1/s1. The second-order valence-electron chi connectivity index (χ2n) is 4.55. The molecule has 7 nitrogen and oxygen atoms in total. The summed E-state index contributed by atoms with van der Waals surface area (Å²) in [6, 6.07) is 1.20. The van der Waals surface area contributed by atoms with E-state index in [-0.39, 0.29) is 29.0 Å². The van der Waals surface area contributed by atoms with E-state index in [4.69, 9.17) is 4.42 Å². The molecule has 0 unspecified atom stereocenters. The molecule has 0 aliphatic heterocycles. The van der Waals surface area contributed by atoms with Crippen molar-refractivity contribution in [2.45, 2.75) is 38.1 Å². The highest BCUT2D eigenvalue weighted by molar-refractivity contribution is 7.89. The third kappa shape index (κ3) is 4.55. The maximum atomic E-state index is 12.3. The van der Waals surface area contributed by atoms with Crippen molar-refractivity contribution in [2.24, 2.45) is 0 Å². The number of nitrogens with one attached hydrogen (secondary N) is 2. The molecule has 1 aromatic heterocycles. The average molecular weight is 318 g/mol. The van der Waals surface area contributed by atoms with Crippen LogP contribution in [0.5, 0.6) is 0 Å². The molecule has 0 aromatic carbocycles. The largest absolute Gasteiger partial charge is 0.463 e. The van der Waals surface area contributed by atoms with Gasteiger partial charge in [0.2, 0.25) is 15.8 Å². The molecule has 0 saturated heterocycles. The first kappa shape index (κ1) is 17.7. The topological polar surface area (TPSA) is 97.6 Å². The number of aryl methyl sites for hydroxylation is 1. The number of sulfonamides is 1. The van der Waals surface area contributed by atoms with Gasteiger partial charge in [-0.25, -0.2) is 17.9 Å². The van der Waals surface area contributed by atoms with E-state index in [1.54, 1.807) is 6.92 Å².